The summed E-state index contributed by atoms with van der Waals surface area (Å²) >= 11 is 0. The third-order valence-corrected chi connectivity index (χ3v) is 6.96. The molecule has 0 bridgehead atoms. The zero-order valence-corrected chi connectivity index (χ0v) is 21.0. The minimum atomic E-state index is -0.0111. The summed E-state index contributed by atoms with van der Waals surface area (Å²) in [5, 5.41) is 7.51. The van der Waals surface area contributed by atoms with E-state index in [9.17, 15) is 9.59 Å². The Hall–Kier alpha value is -3.32. The highest BCUT2D eigenvalue weighted by Crippen LogP contribution is 2.30. The molecule has 0 aliphatic carbocycles. The number of benzene rings is 2. The van der Waals surface area contributed by atoms with Gasteiger partial charge >= 0.3 is 0 Å². The fourth-order valence-electron chi connectivity index (χ4n) is 4.87. The third-order valence-electron chi connectivity index (χ3n) is 6.96. The zero-order valence-electron chi connectivity index (χ0n) is 21.0. The van der Waals surface area contributed by atoms with Gasteiger partial charge in [-0.1, -0.05) is 30.3 Å². The monoisotopic (exact) mass is 476 g/mol. The van der Waals surface area contributed by atoms with Gasteiger partial charge in [-0.25, -0.2) is 0 Å². The Morgan fingerprint density at radius 2 is 1.80 bits per heavy atom. The second-order valence-corrected chi connectivity index (χ2v) is 9.23. The predicted octanol–water partition coefficient (Wildman–Crippen LogP) is 3.96. The van der Waals surface area contributed by atoms with Gasteiger partial charge in [-0.05, 0) is 56.5 Å². The first-order chi connectivity index (χ1) is 17.0. The smallest absolute Gasteiger partial charge is 0.256 e. The van der Waals surface area contributed by atoms with Gasteiger partial charge in [-0.2, -0.15) is 0 Å². The van der Waals surface area contributed by atoms with E-state index in [0.29, 0.717) is 32.5 Å². The number of nitrogens with one attached hydrogen (secondary N) is 2. The van der Waals surface area contributed by atoms with Crippen LogP contribution in [-0.2, 0) is 11.8 Å². The number of carbonyl (C=O) groups excluding carboxylic acids is 2. The van der Waals surface area contributed by atoms with E-state index in [4.69, 9.17) is 4.74 Å². The van der Waals surface area contributed by atoms with Crippen LogP contribution in [0.25, 0.3) is 10.9 Å². The SMILES string of the molecule is COc1ccc2c(c1)c(C(=O)N1CCCCNC(c3ccccc3)CC(=O)NCCC1)c(C)n2C. The number of hydrogen-bond acceptors (Lipinski definition) is 4. The summed E-state index contributed by atoms with van der Waals surface area (Å²) in [7, 11) is 3.63. The molecule has 186 valence electrons. The predicted molar refractivity (Wildman–Crippen MR) is 139 cm³/mol. The molecule has 1 aliphatic rings. The average molecular weight is 477 g/mol. The molecule has 1 unspecified atom stereocenters. The second-order valence-electron chi connectivity index (χ2n) is 9.23. The van der Waals surface area contributed by atoms with E-state index in [1.807, 2.05) is 55.3 Å². The van der Waals surface area contributed by atoms with Gasteiger partial charge in [0.15, 0.2) is 0 Å². The highest BCUT2D eigenvalue weighted by atomic mass is 16.5. The number of methoxy groups -OCH3 is 1. The van der Waals surface area contributed by atoms with Gasteiger partial charge in [0, 0.05) is 55.7 Å². The summed E-state index contributed by atoms with van der Waals surface area (Å²) in [5.74, 6) is 0.807. The van der Waals surface area contributed by atoms with Crippen LogP contribution >= 0.6 is 0 Å². The minimum absolute atomic E-state index is 0.0111. The molecule has 7 heteroatoms. The first-order valence-electron chi connectivity index (χ1n) is 12.5. The molecule has 0 spiro atoms. The molecule has 2 amide bonds. The molecule has 2 aromatic carbocycles. The molecular weight excluding hydrogens is 440 g/mol. The lowest BCUT2D eigenvalue weighted by Gasteiger charge is -2.23. The molecule has 3 aromatic rings. The Balaban J connectivity index is 1.51. The van der Waals surface area contributed by atoms with Crippen molar-refractivity contribution in [3.8, 4) is 5.75 Å². The van der Waals surface area contributed by atoms with E-state index < -0.39 is 0 Å². The Bertz CT molecular complexity index is 1170. The fourth-order valence-corrected chi connectivity index (χ4v) is 4.87. The van der Waals surface area contributed by atoms with Crippen molar-refractivity contribution < 1.29 is 14.3 Å². The minimum Gasteiger partial charge on any atom is -0.497 e. The molecule has 2 N–H and O–H groups in total. The van der Waals surface area contributed by atoms with Crippen molar-refractivity contribution in [3.05, 3.63) is 65.4 Å². The molecule has 0 radical (unpaired) electrons. The summed E-state index contributed by atoms with van der Waals surface area (Å²) in [6, 6.07) is 16.0. The van der Waals surface area contributed by atoms with Crippen LogP contribution in [0.3, 0.4) is 0 Å². The number of aryl methyl sites for hydroxylation is 1. The van der Waals surface area contributed by atoms with E-state index >= 15 is 0 Å². The van der Waals surface area contributed by atoms with Crippen molar-refractivity contribution in [1.29, 1.82) is 0 Å². The molecule has 1 saturated heterocycles. The Kier molecular flexibility index (Phi) is 8.08. The van der Waals surface area contributed by atoms with Gasteiger partial charge in [-0.3, -0.25) is 9.59 Å². The second kappa shape index (κ2) is 11.4. The Morgan fingerprint density at radius 3 is 2.57 bits per heavy atom. The standard InChI is InChI=1S/C28H36N4O3/c1-20-27(23-18-22(35-3)12-13-25(23)31(20)2)28(34)32-16-8-7-14-29-24(21-10-5-4-6-11-21)19-26(33)30-15-9-17-32/h4-6,10-13,18,24,29H,7-9,14-17,19H2,1-3H3,(H,30,33). The largest absolute Gasteiger partial charge is 0.497 e. The maximum absolute atomic E-state index is 13.8. The summed E-state index contributed by atoms with van der Waals surface area (Å²) in [5.41, 5.74) is 3.82. The van der Waals surface area contributed by atoms with Crippen LogP contribution in [-0.4, -0.2) is 54.6 Å². The van der Waals surface area contributed by atoms with Crippen LogP contribution in [0.1, 0.15) is 53.3 Å². The van der Waals surface area contributed by atoms with E-state index in [1.54, 1.807) is 7.11 Å². The van der Waals surface area contributed by atoms with E-state index in [-0.39, 0.29) is 17.9 Å². The van der Waals surface area contributed by atoms with Crippen molar-refractivity contribution in [3.63, 3.8) is 0 Å². The Morgan fingerprint density at radius 1 is 1.03 bits per heavy atom. The topological polar surface area (TPSA) is 75.6 Å². The molecule has 7 nitrogen and oxygen atoms in total. The fraction of sp³-hybridized carbons (Fsp3) is 0.429. The lowest BCUT2D eigenvalue weighted by atomic mass is 10.0. The van der Waals surface area contributed by atoms with Crippen LogP contribution in [0.15, 0.2) is 48.5 Å². The highest BCUT2D eigenvalue weighted by Gasteiger charge is 2.24. The van der Waals surface area contributed by atoms with Gasteiger partial charge in [0.1, 0.15) is 5.75 Å². The molecule has 1 aromatic heterocycles. The number of fused-ring (bicyclic) bond motifs is 1. The molecule has 1 atom stereocenters. The van der Waals surface area contributed by atoms with E-state index in [0.717, 1.165) is 52.9 Å². The average Bonchev–Trinajstić information content (AvgIpc) is 3.13. The van der Waals surface area contributed by atoms with Crippen LogP contribution < -0.4 is 15.4 Å². The van der Waals surface area contributed by atoms with Crippen molar-refractivity contribution in [1.82, 2.24) is 20.1 Å². The van der Waals surface area contributed by atoms with Gasteiger partial charge in [0.05, 0.1) is 12.7 Å². The van der Waals surface area contributed by atoms with Crippen LogP contribution in [0, 0.1) is 6.92 Å². The van der Waals surface area contributed by atoms with E-state index in [1.165, 1.54) is 0 Å². The first kappa shape index (κ1) is 24.8. The number of nitrogens with zero attached hydrogens (tertiary/aromatic N) is 2. The number of ether oxygens (including phenoxy) is 1. The lowest BCUT2D eigenvalue weighted by molar-refractivity contribution is -0.121. The van der Waals surface area contributed by atoms with Crippen molar-refractivity contribution in [2.45, 2.75) is 38.6 Å². The van der Waals surface area contributed by atoms with Crippen LogP contribution in [0.5, 0.6) is 5.75 Å². The maximum atomic E-state index is 13.8. The first-order valence-corrected chi connectivity index (χ1v) is 12.5. The quantitative estimate of drug-likeness (QED) is 0.600. The van der Waals surface area contributed by atoms with Crippen LogP contribution in [0.2, 0.25) is 0 Å². The number of rotatable bonds is 3. The summed E-state index contributed by atoms with van der Waals surface area (Å²) in [4.78, 5) is 28.4. The van der Waals surface area contributed by atoms with Gasteiger partial charge in [-0.15, -0.1) is 0 Å². The third kappa shape index (κ3) is 5.68. The summed E-state index contributed by atoms with van der Waals surface area (Å²) < 4.78 is 7.49. The summed E-state index contributed by atoms with van der Waals surface area (Å²) in [6.07, 6.45) is 2.95. The lowest BCUT2D eigenvalue weighted by Crippen LogP contribution is -2.35. The number of carbonyl (C=O) groups is 2. The molecule has 1 fully saturated rings. The normalized spacial score (nSPS) is 18.3. The number of amides is 2. The number of aromatic nitrogens is 1. The Labute approximate surface area is 207 Å². The van der Waals surface area contributed by atoms with Gasteiger partial charge in [0.2, 0.25) is 5.91 Å². The van der Waals surface area contributed by atoms with Crippen molar-refractivity contribution in [2.24, 2.45) is 7.05 Å². The van der Waals surface area contributed by atoms with E-state index in [2.05, 4.69) is 27.3 Å². The molecule has 0 saturated carbocycles. The molecule has 2 heterocycles. The summed E-state index contributed by atoms with van der Waals surface area (Å²) in [6.45, 7) is 4.62. The molecule has 35 heavy (non-hydrogen) atoms. The maximum Gasteiger partial charge on any atom is 0.256 e. The molecular formula is C28H36N4O3. The van der Waals surface area contributed by atoms with Crippen molar-refractivity contribution in [2.75, 3.05) is 33.3 Å². The van der Waals surface area contributed by atoms with Gasteiger partial charge < -0.3 is 24.8 Å². The highest BCUT2D eigenvalue weighted by molar-refractivity contribution is 6.08. The molecule has 1 aliphatic heterocycles. The van der Waals surface area contributed by atoms with Crippen molar-refractivity contribution >= 4 is 22.7 Å². The molecule has 4 rings (SSSR count). The van der Waals surface area contributed by atoms with Crippen LogP contribution in [0.4, 0.5) is 0 Å². The van der Waals surface area contributed by atoms with Gasteiger partial charge in [0.25, 0.3) is 5.91 Å². The zero-order chi connectivity index (χ0) is 24.8. The number of hydrogen-bond donors (Lipinski definition) is 2.